The zero-order chi connectivity index (χ0) is 27.7. The number of fused-ring (bicyclic) bond motifs is 5. The van der Waals surface area contributed by atoms with Gasteiger partial charge >= 0.3 is 0 Å². The summed E-state index contributed by atoms with van der Waals surface area (Å²) >= 11 is 0. The lowest BCUT2D eigenvalue weighted by molar-refractivity contribution is 0.330. The molecule has 0 aliphatic rings. The van der Waals surface area contributed by atoms with Crippen molar-refractivity contribution >= 4 is 48.8 Å². The molecule has 0 heterocycles. The number of hydrogen-bond acceptors (Lipinski definition) is 6. The van der Waals surface area contributed by atoms with Crippen molar-refractivity contribution in [2.75, 3.05) is 5.73 Å². The van der Waals surface area contributed by atoms with E-state index in [9.17, 15) is 25.5 Å². The highest BCUT2D eigenvalue weighted by Crippen LogP contribution is 2.58. The Morgan fingerprint density at radius 1 is 0.375 bits per heavy atom. The van der Waals surface area contributed by atoms with Gasteiger partial charge < -0.3 is 31.3 Å². The molecule has 7 aromatic carbocycles. The van der Waals surface area contributed by atoms with Gasteiger partial charge in [0.2, 0.25) is 17.2 Å². The van der Waals surface area contributed by atoms with Crippen molar-refractivity contribution in [3.63, 3.8) is 0 Å². The van der Waals surface area contributed by atoms with Crippen molar-refractivity contribution in [3.8, 4) is 51.0 Å². The van der Waals surface area contributed by atoms with Crippen LogP contribution in [0.25, 0.3) is 65.3 Å². The molecule has 0 unspecified atom stereocenters. The van der Waals surface area contributed by atoms with E-state index >= 15 is 0 Å². The topological polar surface area (TPSA) is 127 Å². The fourth-order valence-corrected chi connectivity index (χ4v) is 5.94. The number of phenols is 5. The molecule has 7 aromatic rings. The van der Waals surface area contributed by atoms with Gasteiger partial charge in [-0.05, 0) is 72.4 Å². The fourth-order valence-electron chi connectivity index (χ4n) is 5.94. The first-order chi connectivity index (χ1) is 19.4. The van der Waals surface area contributed by atoms with E-state index in [-0.39, 0.29) is 5.56 Å². The van der Waals surface area contributed by atoms with Gasteiger partial charge in [0.15, 0.2) is 11.5 Å². The minimum atomic E-state index is -0.995. The van der Waals surface area contributed by atoms with Crippen LogP contribution in [0.4, 0.5) is 5.69 Å². The molecule has 6 heteroatoms. The van der Waals surface area contributed by atoms with E-state index in [0.29, 0.717) is 22.0 Å². The second-order valence-corrected chi connectivity index (χ2v) is 9.91. The number of nitrogens with two attached hydrogens (primary N) is 1. The number of nitrogen functional groups attached to an aromatic ring is 1. The minimum absolute atomic E-state index is 0.178. The van der Waals surface area contributed by atoms with Crippen LogP contribution in [0.3, 0.4) is 0 Å². The van der Waals surface area contributed by atoms with Gasteiger partial charge in [-0.1, -0.05) is 78.9 Å². The standard InChI is InChI=1S/C34H23NO5/c35-18-13-14-20-25(16-18)19-8-2-1-7-17(19)15-26(20)27-21-9-3-5-11-23(21)28(24-12-6-4-10-22(24)27)29-30(36)32(38)34(40)33(39)31(29)37/h1-16,36-40H,35H2. The summed E-state index contributed by atoms with van der Waals surface area (Å²) in [4.78, 5) is 0. The summed E-state index contributed by atoms with van der Waals surface area (Å²) < 4.78 is 0. The predicted octanol–water partition coefficient (Wildman–Crippen LogP) is 7.74. The maximum absolute atomic E-state index is 10.9. The van der Waals surface area contributed by atoms with Gasteiger partial charge in [-0.25, -0.2) is 0 Å². The Labute approximate surface area is 228 Å². The second kappa shape index (κ2) is 8.44. The van der Waals surface area contributed by atoms with Crippen molar-refractivity contribution < 1.29 is 25.5 Å². The van der Waals surface area contributed by atoms with E-state index in [2.05, 4.69) is 18.2 Å². The van der Waals surface area contributed by atoms with Crippen LogP contribution in [0, 0.1) is 0 Å². The van der Waals surface area contributed by atoms with Gasteiger partial charge in [0.25, 0.3) is 0 Å². The monoisotopic (exact) mass is 525 g/mol. The van der Waals surface area contributed by atoms with Crippen LogP contribution < -0.4 is 5.73 Å². The molecule has 0 bridgehead atoms. The highest BCUT2D eigenvalue weighted by atomic mass is 16.4. The smallest absolute Gasteiger partial charge is 0.208 e. The van der Waals surface area contributed by atoms with E-state index in [1.54, 1.807) is 0 Å². The predicted molar refractivity (Wildman–Crippen MR) is 160 cm³/mol. The van der Waals surface area contributed by atoms with Crippen molar-refractivity contribution in [2.24, 2.45) is 0 Å². The second-order valence-electron chi connectivity index (χ2n) is 9.91. The van der Waals surface area contributed by atoms with Gasteiger partial charge in [-0.3, -0.25) is 0 Å². The number of hydrogen-bond donors (Lipinski definition) is 6. The lowest BCUT2D eigenvalue weighted by Gasteiger charge is -2.21. The molecule has 0 aliphatic carbocycles. The van der Waals surface area contributed by atoms with Crippen LogP contribution in [-0.2, 0) is 0 Å². The zero-order valence-corrected chi connectivity index (χ0v) is 21.1. The molecule has 0 atom stereocenters. The summed E-state index contributed by atoms with van der Waals surface area (Å²) in [7, 11) is 0. The fraction of sp³-hybridized carbons (Fsp3) is 0. The van der Waals surface area contributed by atoms with Gasteiger partial charge in [-0.15, -0.1) is 0 Å². The van der Waals surface area contributed by atoms with Crippen LogP contribution in [0.1, 0.15) is 0 Å². The molecule has 0 amide bonds. The Morgan fingerprint density at radius 3 is 1.43 bits per heavy atom. The number of anilines is 1. The first-order valence-corrected chi connectivity index (χ1v) is 12.7. The third-order valence-electron chi connectivity index (χ3n) is 7.71. The van der Waals surface area contributed by atoms with E-state index in [1.807, 2.05) is 78.9 Å². The average Bonchev–Trinajstić information content (AvgIpc) is 2.98. The summed E-state index contributed by atoms with van der Waals surface area (Å²) in [6, 6.07) is 31.4. The quantitative estimate of drug-likeness (QED) is 0.0450. The average molecular weight is 526 g/mol. The SMILES string of the molecule is Nc1ccc2c(-c3c4ccccc4c(-c4c(O)c(O)c(O)c(O)c4O)c4ccccc34)cc3ccccc3c2c1. The number of rotatable bonds is 2. The Kier molecular flexibility index (Phi) is 4.96. The summed E-state index contributed by atoms with van der Waals surface area (Å²) in [5, 5.41) is 59.9. The van der Waals surface area contributed by atoms with E-state index in [4.69, 9.17) is 5.73 Å². The summed E-state index contributed by atoms with van der Waals surface area (Å²) in [5.74, 6) is -4.29. The molecule has 0 saturated carbocycles. The minimum Gasteiger partial charge on any atom is -0.504 e. The summed E-state index contributed by atoms with van der Waals surface area (Å²) in [6.45, 7) is 0. The molecule has 0 radical (unpaired) electrons. The van der Waals surface area contributed by atoms with Crippen LogP contribution >= 0.6 is 0 Å². The Hall–Kier alpha value is -5.62. The molecule has 0 spiro atoms. The third kappa shape index (κ3) is 3.16. The molecule has 0 fully saturated rings. The molecular weight excluding hydrogens is 502 g/mol. The van der Waals surface area contributed by atoms with Crippen LogP contribution in [-0.4, -0.2) is 25.5 Å². The van der Waals surface area contributed by atoms with Crippen molar-refractivity contribution in [1.29, 1.82) is 0 Å². The van der Waals surface area contributed by atoms with Crippen LogP contribution in [0.2, 0.25) is 0 Å². The van der Waals surface area contributed by atoms with Gasteiger partial charge in [0.05, 0.1) is 5.56 Å². The van der Waals surface area contributed by atoms with Crippen LogP contribution in [0.5, 0.6) is 28.7 Å². The number of benzene rings is 7. The lowest BCUT2D eigenvalue weighted by Crippen LogP contribution is -1.94. The normalized spacial score (nSPS) is 11.6. The first-order valence-electron chi connectivity index (χ1n) is 12.7. The first kappa shape index (κ1) is 23.5. The molecule has 40 heavy (non-hydrogen) atoms. The molecule has 0 saturated heterocycles. The van der Waals surface area contributed by atoms with Crippen molar-refractivity contribution in [1.82, 2.24) is 0 Å². The Bertz CT molecular complexity index is 2100. The Balaban J connectivity index is 1.72. The Morgan fingerprint density at radius 2 is 0.850 bits per heavy atom. The molecule has 0 aliphatic heterocycles. The van der Waals surface area contributed by atoms with Crippen LogP contribution in [0.15, 0.2) is 97.1 Å². The summed E-state index contributed by atoms with van der Waals surface area (Å²) in [5.41, 5.74) is 9.05. The van der Waals surface area contributed by atoms with E-state index < -0.39 is 28.7 Å². The molecule has 194 valence electrons. The maximum Gasteiger partial charge on any atom is 0.208 e. The van der Waals surface area contributed by atoms with E-state index in [0.717, 1.165) is 43.4 Å². The van der Waals surface area contributed by atoms with Gasteiger partial charge in [-0.2, -0.15) is 0 Å². The highest BCUT2D eigenvalue weighted by Gasteiger charge is 2.28. The molecular formula is C34H23NO5. The third-order valence-corrected chi connectivity index (χ3v) is 7.71. The molecule has 0 aromatic heterocycles. The van der Waals surface area contributed by atoms with Crippen molar-refractivity contribution in [3.05, 3.63) is 97.1 Å². The number of phenolic OH excluding ortho intramolecular Hbond substituents is 5. The molecule has 6 nitrogen and oxygen atoms in total. The largest absolute Gasteiger partial charge is 0.504 e. The highest BCUT2D eigenvalue weighted by molar-refractivity contribution is 6.26. The summed E-state index contributed by atoms with van der Waals surface area (Å²) in [6.07, 6.45) is 0. The molecule has 7 N–H and O–H groups in total. The maximum atomic E-state index is 10.9. The van der Waals surface area contributed by atoms with Gasteiger partial charge in [0.1, 0.15) is 0 Å². The lowest BCUT2D eigenvalue weighted by atomic mass is 9.83. The molecule has 7 rings (SSSR count). The van der Waals surface area contributed by atoms with Gasteiger partial charge in [0, 0.05) is 11.3 Å². The number of aromatic hydroxyl groups is 5. The van der Waals surface area contributed by atoms with Crippen molar-refractivity contribution in [2.45, 2.75) is 0 Å². The van der Waals surface area contributed by atoms with E-state index in [1.165, 1.54) is 0 Å². The zero-order valence-electron chi connectivity index (χ0n) is 21.1.